The first kappa shape index (κ1) is 10.4. The van der Waals surface area contributed by atoms with E-state index in [1.165, 1.54) is 22.2 Å². The minimum absolute atomic E-state index is 0.104. The zero-order chi connectivity index (χ0) is 11.8. The Kier molecular flexibility index (Phi) is 2.41. The fourth-order valence-corrected chi connectivity index (χ4v) is 2.69. The van der Waals surface area contributed by atoms with Crippen LogP contribution in [0.2, 0.25) is 0 Å². The van der Waals surface area contributed by atoms with Crippen molar-refractivity contribution in [2.75, 3.05) is 0 Å². The maximum atomic E-state index is 12.2. The molecular formula is C10H7N3O2S2. The molecule has 0 saturated carbocycles. The molecule has 0 aliphatic rings. The highest BCUT2D eigenvalue weighted by Crippen LogP contribution is 2.14. The Balaban J connectivity index is 2.22. The van der Waals surface area contributed by atoms with E-state index < -0.39 is 0 Å². The van der Waals surface area contributed by atoms with Crippen molar-refractivity contribution in [1.82, 2.24) is 14.7 Å². The standard InChI is InChI=1S/C10H7N3O2S2/c14-9-7-2-4-17-8(7)11-10(16)13(9)5-6-1-3-15-12-6/h1-4H,5H2,(H,11,16). The van der Waals surface area contributed by atoms with E-state index in [4.69, 9.17) is 16.7 Å². The number of H-pyrrole nitrogens is 1. The summed E-state index contributed by atoms with van der Waals surface area (Å²) in [5.41, 5.74) is 0.564. The van der Waals surface area contributed by atoms with Crippen LogP contribution in [0.1, 0.15) is 5.69 Å². The monoisotopic (exact) mass is 265 g/mol. The molecule has 0 bridgehead atoms. The van der Waals surface area contributed by atoms with Crippen LogP contribution < -0.4 is 5.56 Å². The Morgan fingerprint density at radius 3 is 3.18 bits per heavy atom. The van der Waals surface area contributed by atoms with Crippen LogP contribution in [0.15, 0.2) is 33.1 Å². The Hall–Kier alpha value is -1.73. The molecule has 3 rings (SSSR count). The maximum absolute atomic E-state index is 12.2. The minimum Gasteiger partial charge on any atom is -0.364 e. The van der Waals surface area contributed by atoms with Crippen LogP contribution in [0.3, 0.4) is 0 Å². The topological polar surface area (TPSA) is 63.8 Å². The van der Waals surface area contributed by atoms with Crippen LogP contribution in [0.5, 0.6) is 0 Å². The second-order valence-electron chi connectivity index (χ2n) is 3.48. The highest BCUT2D eigenvalue weighted by atomic mass is 32.1. The highest BCUT2D eigenvalue weighted by molar-refractivity contribution is 7.71. The molecule has 0 aliphatic carbocycles. The summed E-state index contributed by atoms with van der Waals surface area (Å²) in [5, 5.41) is 6.27. The van der Waals surface area contributed by atoms with E-state index in [0.29, 0.717) is 22.4 Å². The second-order valence-corrected chi connectivity index (χ2v) is 4.78. The normalized spacial score (nSPS) is 11.1. The smallest absolute Gasteiger partial charge is 0.263 e. The van der Waals surface area contributed by atoms with Crippen molar-refractivity contribution in [2.24, 2.45) is 0 Å². The van der Waals surface area contributed by atoms with Crippen molar-refractivity contribution < 1.29 is 4.52 Å². The van der Waals surface area contributed by atoms with Crippen LogP contribution in [0, 0.1) is 4.77 Å². The molecular weight excluding hydrogens is 258 g/mol. The summed E-state index contributed by atoms with van der Waals surface area (Å²) in [5.74, 6) is 0. The van der Waals surface area contributed by atoms with Crippen LogP contribution in [-0.4, -0.2) is 14.7 Å². The molecule has 1 N–H and O–H groups in total. The highest BCUT2D eigenvalue weighted by Gasteiger charge is 2.08. The van der Waals surface area contributed by atoms with Crippen LogP contribution >= 0.6 is 23.6 Å². The molecule has 0 aliphatic heterocycles. The Labute approximate surface area is 104 Å². The third-order valence-electron chi connectivity index (χ3n) is 2.42. The lowest BCUT2D eigenvalue weighted by molar-refractivity contribution is 0.409. The molecule has 0 fully saturated rings. The molecule has 0 saturated heterocycles. The molecule has 0 spiro atoms. The predicted molar refractivity (Wildman–Crippen MR) is 66.9 cm³/mol. The van der Waals surface area contributed by atoms with E-state index in [1.54, 1.807) is 12.1 Å². The van der Waals surface area contributed by atoms with Gasteiger partial charge in [-0.25, -0.2) is 0 Å². The van der Waals surface area contributed by atoms with E-state index >= 15 is 0 Å². The molecule has 0 amide bonds. The second kappa shape index (κ2) is 3.94. The maximum Gasteiger partial charge on any atom is 0.263 e. The third kappa shape index (κ3) is 1.73. The molecule has 86 valence electrons. The van der Waals surface area contributed by atoms with E-state index in [2.05, 4.69) is 10.1 Å². The minimum atomic E-state index is -0.104. The van der Waals surface area contributed by atoms with Crippen molar-refractivity contribution in [2.45, 2.75) is 6.54 Å². The van der Waals surface area contributed by atoms with Gasteiger partial charge in [0, 0.05) is 6.07 Å². The summed E-state index contributed by atoms with van der Waals surface area (Å²) in [6, 6.07) is 3.49. The number of thiophene rings is 1. The van der Waals surface area contributed by atoms with Gasteiger partial charge in [0.2, 0.25) is 0 Å². The van der Waals surface area contributed by atoms with Crippen molar-refractivity contribution >= 4 is 33.8 Å². The Morgan fingerprint density at radius 2 is 2.41 bits per heavy atom. The van der Waals surface area contributed by atoms with Gasteiger partial charge in [-0.3, -0.25) is 9.36 Å². The van der Waals surface area contributed by atoms with Gasteiger partial charge in [0.15, 0.2) is 4.77 Å². The number of fused-ring (bicyclic) bond motifs is 1. The van der Waals surface area contributed by atoms with Crippen LogP contribution in [-0.2, 0) is 6.54 Å². The van der Waals surface area contributed by atoms with Gasteiger partial charge in [-0.1, -0.05) is 5.16 Å². The molecule has 3 aromatic rings. The summed E-state index contributed by atoms with van der Waals surface area (Å²) in [7, 11) is 0. The molecule has 0 atom stereocenters. The number of rotatable bonds is 2. The summed E-state index contributed by atoms with van der Waals surface area (Å²) < 4.78 is 6.60. The SMILES string of the molecule is O=c1c2ccsc2[nH]c(=S)n1Cc1ccon1. The predicted octanol–water partition coefficient (Wildman–Crippen LogP) is 2.16. The average Bonchev–Trinajstić information content (AvgIpc) is 2.94. The third-order valence-corrected chi connectivity index (χ3v) is 3.57. The zero-order valence-electron chi connectivity index (χ0n) is 8.54. The summed E-state index contributed by atoms with van der Waals surface area (Å²) >= 11 is 6.62. The number of hydrogen-bond acceptors (Lipinski definition) is 5. The molecule has 0 aromatic carbocycles. The first-order chi connectivity index (χ1) is 8.25. The zero-order valence-corrected chi connectivity index (χ0v) is 10.2. The van der Waals surface area contributed by atoms with E-state index in [0.717, 1.165) is 4.83 Å². The summed E-state index contributed by atoms with van der Waals surface area (Å²) in [4.78, 5) is 16.0. The molecule has 3 heterocycles. The molecule has 0 radical (unpaired) electrons. The van der Waals surface area contributed by atoms with Gasteiger partial charge in [0.25, 0.3) is 5.56 Å². The lowest BCUT2D eigenvalue weighted by atomic mass is 10.4. The quantitative estimate of drug-likeness (QED) is 0.721. The molecule has 3 aromatic heterocycles. The van der Waals surface area contributed by atoms with Crippen molar-refractivity contribution in [3.63, 3.8) is 0 Å². The lowest BCUT2D eigenvalue weighted by Crippen LogP contribution is -2.22. The average molecular weight is 265 g/mol. The number of hydrogen-bond donors (Lipinski definition) is 1. The van der Waals surface area contributed by atoms with Crippen molar-refractivity contribution in [1.29, 1.82) is 0 Å². The van der Waals surface area contributed by atoms with Gasteiger partial charge in [-0.15, -0.1) is 11.3 Å². The number of nitrogens with one attached hydrogen (secondary N) is 1. The van der Waals surface area contributed by atoms with Gasteiger partial charge in [-0.2, -0.15) is 0 Å². The number of aromatic amines is 1. The van der Waals surface area contributed by atoms with Crippen LogP contribution in [0.4, 0.5) is 0 Å². The van der Waals surface area contributed by atoms with Crippen molar-refractivity contribution in [3.8, 4) is 0 Å². The largest absolute Gasteiger partial charge is 0.364 e. The van der Waals surface area contributed by atoms with E-state index in [-0.39, 0.29) is 5.56 Å². The number of nitrogens with zero attached hydrogens (tertiary/aromatic N) is 2. The number of aromatic nitrogens is 3. The van der Waals surface area contributed by atoms with Crippen molar-refractivity contribution in [3.05, 3.63) is 44.6 Å². The van der Waals surface area contributed by atoms with Gasteiger partial charge in [0.05, 0.1) is 11.9 Å². The van der Waals surface area contributed by atoms with Gasteiger partial charge >= 0.3 is 0 Å². The first-order valence-electron chi connectivity index (χ1n) is 4.85. The van der Waals surface area contributed by atoms with Gasteiger partial charge in [-0.05, 0) is 23.7 Å². The van der Waals surface area contributed by atoms with E-state index in [9.17, 15) is 4.79 Å². The van der Waals surface area contributed by atoms with Gasteiger partial charge in [0.1, 0.15) is 16.8 Å². The van der Waals surface area contributed by atoms with Gasteiger partial charge < -0.3 is 9.51 Å². The molecule has 0 unspecified atom stereocenters. The fraction of sp³-hybridized carbons (Fsp3) is 0.100. The first-order valence-corrected chi connectivity index (χ1v) is 6.14. The van der Waals surface area contributed by atoms with E-state index in [1.807, 2.05) is 5.38 Å². The summed E-state index contributed by atoms with van der Waals surface area (Å²) in [6.45, 7) is 0.316. The van der Waals surface area contributed by atoms with Crippen LogP contribution in [0.25, 0.3) is 10.2 Å². The Morgan fingerprint density at radius 1 is 1.53 bits per heavy atom. The Bertz CT molecular complexity index is 767. The summed E-state index contributed by atoms with van der Waals surface area (Å²) in [6.07, 6.45) is 1.47. The fourth-order valence-electron chi connectivity index (χ4n) is 1.60. The molecule has 5 nitrogen and oxygen atoms in total. The lowest BCUT2D eigenvalue weighted by Gasteiger charge is -2.03. The molecule has 7 heteroatoms. The molecule has 17 heavy (non-hydrogen) atoms.